The number of aryl methyl sites for hydroxylation is 2. The molecule has 45 heavy (non-hydrogen) atoms. The number of carbonyl (C=O) groups excluding carboxylic acids is 1. The Bertz CT molecular complexity index is 1500. The van der Waals surface area contributed by atoms with Crippen LogP contribution in [0.25, 0.3) is 0 Å². The number of hydrogen-bond acceptors (Lipinski definition) is 6. The smallest absolute Gasteiger partial charge is 0.309 e. The molecule has 3 aromatic carbocycles. The molecule has 3 aromatic rings. The van der Waals surface area contributed by atoms with Gasteiger partial charge in [0, 0.05) is 24.2 Å². The molecule has 0 aromatic heterocycles. The van der Waals surface area contributed by atoms with Gasteiger partial charge in [-0.25, -0.2) is 4.39 Å². The highest BCUT2D eigenvalue weighted by atomic mass is 19.1. The molecule has 0 saturated carbocycles. The van der Waals surface area contributed by atoms with Gasteiger partial charge in [-0.15, -0.1) is 0 Å². The number of benzene rings is 3. The van der Waals surface area contributed by atoms with Crippen molar-refractivity contribution in [2.75, 3.05) is 31.8 Å². The normalized spacial score (nSPS) is 19.1. The number of rotatable bonds is 13. The quantitative estimate of drug-likeness (QED) is 0.198. The summed E-state index contributed by atoms with van der Waals surface area (Å²) in [4.78, 5) is 28.7. The molecule has 0 spiro atoms. The number of ether oxygens (including phenoxy) is 3. The monoisotopic (exact) mass is 618 g/mol. The zero-order chi connectivity index (χ0) is 32.1. The molecule has 240 valence electrons. The molecule has 3 atom stereocenters. The van der Waals surface area contributed by atoms with Crippen LogP contribution in [0.1, 0.15) is 79.8 Å². The Morgan fingerprint density at radius 2 is 1.73 bits per heavy atom. The molecule has 9 heteroatoms. The number of anilines is 1. The summed E-state index contributed by atoms with van der Waals surface area (Å²) in [5, 5.41) is 13.7. The predicted octanol–water partition coefficient (Wildman–Crippen LogP) is 7.04. The lowest BCUT2D eigenvalue weighted by atomic mass is 9.81. The molecular formula is C36H43FN2O6. The number of amides is 1. The van der Waals surface area contributed by atoms with Gasteiger partial charge in [-0.2, -0.15) is 0 Å². The van der Waals surface area contributed by atoms with E-state index in [9.17, 15) is 19.1 Å². The molecule has 1 amide bonds. The maximum atomic E-state index is 14.3. The van der Waals surface area contributed by atoms with E-state index in [1.54, 1.807) is 0 Å². The molecule has 5 rings (SSSR count). The lowest BCUT2D eigenvalue weighted by molar-refractivity contribution is -0.143. The summed E-state index contributed by atoms with van der Waals surface area (Å²) in [5.41, 5.74) is 4.58. The van der Waals surface area contributed by atoms with E-state index in [0.717, 1.165) is 52.8 Å². The van der Waals surface area contributed by atoms with E-state index in [1.165, 1.54) is 12.1 Å². The predicted molar refractivity (Wildman–Crippen MR) is 171 cm³/mol. The van der Waals surface area contributed by atoms with Crippen LogP contribution >= 0.6 is 0 Å². The lowest BCUT2D eigenvalue weighted by Crippen LogP contribution is -2.35. The Morgan fingerprint density at radius 1 is 1.02 bits per heavy atom. The first-order valence-corrected chi connectivity index (χ1v) is 15.9. The number of fused-ring (bicyclic) bond motifs is 1. The third kappa shape index (κ3) is 6.93. The van der Waals surface area contributed by atoms with Gasteiger partial charge in [-0.3, -0.25) is 14.5 Å². The first kappa shape index (κ1) is 32.3. The van der Waals surface area contributed by atoms with Crippen LogP contribution in [0.15, 0.2) is 48.5 Å². The highest BCUT2D eigenvalue weighted by Gasteiger charge is 2.48. The number of carbonyl (C=O) groups is 2. The standard InChI is InChI=1S/C36H43FN2O6/c1-5-8-9-16-43-27-12-10-25(11-13-27)34-32(36(41)42)29(28-14-15-30-35(22(28)4)45-21-44-30)19-39(34)20-31(40)38-33-23(6-2)17-26(37)18-24(33)7-3/h10-15,17-18,29,32,34H,5-9,16,19-21H2,1-4H3,(H,38,40)(H,41,42)/t29-,32?,34+/m1/s1. The number of unbranched alkanes of at least 4 members (excludes halogenated alkanes) is 2. The van der Waals surface area contributed by atoms with Crippen molar-refractivity contribution >= 4 is 17.6 Å². The van der Waals surface area contributed by atoms with Crippen molar-refractivity contribution in [3.8, 4) is 17.2 Å². The van der Waals surface area contributed by atoms with Crippen molar-refractivity contribution in [3.05, 3.63) is 82.2 Å². The number of nitrogens with zero attached hydrogens (tertiary/aromatic N) is 1. The summed E-state index contributed by atoms with van der Waals surface area (Å²) in [6, 6.07) is 13.6. The van der Waals surface area contributed by atoms with Crippen LogP contribution in [0.5, 0.6) is 17.2 Å². The van der Waals surface area contributed by atoms with Crippen LogP contribution in [0.3, 0.4) is 0 Å². The van der Waals surface area contributed by atoms with Crippen molar-refractivity contribution < 1.29 is 33.3 Å². The largest absolute Gasteiger partial charge is 0.494 e. The topological polar surface area (TPSA) is 97.3 Å². The van der Waals surface area contributed by atoms with Crippen LogP contribution in [0, 0.1) is 18.7 Å². The van der Waals surface area contributed by atoms with Gasteiger partial charge in [0.2, 0.25) is 12.7 Å². The van der Waals surface area contributed by atoms with E-state index in [-0.39, 0.29) is 25.1 Å². The summed E-state index contributed by atoms with van der Waals surface area (Å²) in [7, 11) is 0. The van der Waals surface area contributed by atoms with E-state index in [4.69, 9.17) is 14.2 Å². The second-order valence-corrected chi connectivity index (χ2v) is 11.8. The van der Waals surface area contributed by atoms with Crippen LogP contribution < -0.4 is 19.5 Å². The fourth-order valence-corrected chi connectivity index (χ4v) is 6.75. The molecule has 1 unspecified atom stereocenters. The number of hydrogen-bond donors (Lipinski definition) is 2. The van der Waals surface area contributed by atoms with Gasteiger partial charge in [0.1, 0.15) is 11.6 Å². The van der Waals surface area contributed by atoms with Crippen molar-refractivity contribution in [2.24, 2.45) is 5.92 Å². The SMILES string of the molecule is CCCCCOc1ccc([C@H]2C(C(=O)O)[C@@H](c3ccc4c(c3C)OCO4)CN2CC(=O)Nc2c(CC)cc(F)cc2CC)cc1. The third-order valence-corrected chi connectivity index (χ3v) is 8.99. The average Bonchev–Trinajstić information content (AvgIpc) is 3.66. The van der Waals surface area contributed by atoms with Crippen molar-refractivity contribution in [3.63, 3.8) is 0 Å². The molecule has 0 aliphatic carbocycles. The first-order chi connectivity index (χ1) is 21.7. The van der Waals surface area contributed by atoms with E-state index >= 15 is 0 Å². The molecule has 0 radical (unpaired) electrons. The van der Waals surface area contributed by atoms with Crippen LogP contribution in [0.2, 0.25) is 0 Å². The minimum absolute atomic E-state index is 0.0342. The van der Waals surface area contributed by atoms with Gasteiger partial charge in [0.05, 0.1) is 19.1 Å². The zero-order valence-electron chi connectivity index (χ0n) is 26.5. The summed E-state index contributed by atoms with van der Waals surface area (Å²) in [5.74, 6) is -0.804. The Kier molecular flexibility index (Phi) is 10.3. The minimum atomic E-state index is -0.940. The summed E-state index contributed by atoms with van der Waals surface area (Å²) < 4.78 is 31.4. The summed E-state index contributed by atoms with van der Waals surface area (Å²) >= 11 is 0. The maximum Gasteiger partial charge on any atom is 0.309 e. The number of aliphatic carboxylic acids is 1. The van der Waals surface area contributed by atoms with E-state index < -0.39 is 23.8 Å². The van der Waals surface area contributed by atoms with E-state index in [2.05, 4.69) is 12.2 Å². The van der Waals surface area contributed by atoms with Gasteiger partial charge >= 0.3 is 5.97 Å². The second-order valence-electron chi connectivity index (χ2n) is 11.8. The minimum Gasteiger partial charge on any atom is -0.494 e. The molecule has 1 saturated heterocycles. The number of nitrogens with one attached hydrogen (secondary N) is 1. The van der Waals surface area contributed by atoms with Crippen LogP contribution in [-0.4, -0.2) is 48.4 Å². The molecule has 2 heterocycles. The van der Waals surface area contributed by atoms with Crippen molar-refractivity contribution in [1.82, 2.24) is 4.90 Å². The summed E-state index contributed by atoms with van der Waals surface area (Å²) in [6.07, 6.45) is 4.29. The lowest BCUT2D eigenvalue weighted by Gasteiger charge is -2.27. The molecule has 2 aliphatic heterocycles. The number of carboxylic acids is 1. The first-order valence-electron chi connectivity index (χ1n) is 15.9. The van der Waals surface area contributed by atoms with Gasteiger partial charge in [0.15, 0.2) is 11.5 Å². The number of halogens is 1. The fraction of sp³-hybridized carbons (Fsp3) is 0.444. The molecule has 8 nitrogen and oxygen atoms in total. The molecule has 2 N–H and O–H groups in total. The van der Waals surface area contributed by atoms with E-state index in [1.807, 2.05) is 62.1 Å². The fourth-order valence-electron chi connectivity index (χ4n) is 6.75. The zero-order valence-corrected chi connectivity index (χ0v) is 26.5. The Balaban J connectivity index is 1.47. The van der Waals surface area contributed by atoms with Gasteiger partial charge in [-0.05, 0) is 84.3 Å². The van der Waals surface area contributed by atoms with Crippen LogP contribution in [0.4, 0.5) is 10.1 Å². The summed E-state index contributed by atoms with van der Waals surface area (Å²) in [6.45, 7) is 8.96. The Hall–Kier alpha value is -4.11. The average molecular weight is 619 g/mol. The Morgan fingerprint density at radius 3 is 2.38 bits per heavy atom. The molecule has 1 fully saturated rings. The van der Waals surface area contributed by atoms with Crippen molar-refractivity contribution in [1.29, 1.82) is 0 Å². The third-order valence-electron chi connectivity index (χ3n) is 8.99. The maximum absolute atomic E-state index is 14.3. The number of likely N-dealkylation sites (tertiary alicyclic amines) is 1. The molecule has 0 bridgehead atoms. The molecule has 2 aliphatic rings. The van der Waals surface area contributed by atoms with Gasteiger partial charge in [-0.1, -0.05) is 51.8 Å². The van der Waals surface area contributed by atoms with Crippen molar-refractivity contribution in [2.45, 2.75) is 71.8 Å². The number of carboxylic acid groups (broad SMARTS) is 1. The van der Waals surface area contributed by atoms with Gasteiger partial charge in [0.25, 0.3) is 0 Å². The van der Waals surface area contributed by atoms with Gasteiger partial charge < -0.3 is 24.6 Å². The highest BCUT2D eigenvalue weighted by molar-refractivity contribution is 5.94. The molecular weight excluding hydrogens is 575 g/mol. The van der Waals surface area contributed by atoms with Crippen LogP contribution in [-0.2, 0) is 22.4 Å². The Labute approximate surface area is 264 Å². The second kappa shape index (κ2) is 14.3. The highest BCUT2D eigenvalue weighted by Crippen LogP contribution is 2.49. The van der Waals surface area contributed by atoms with E-state index in [0.29, 0.717) is 43.2 Å².